The third-order valence-corrected chi connectivity index (χ3v) is 4.58. The molecule has 1 fully saturated rings. The number of aliphatic hydroxyl groups is 1. The maximum absolute atomic E-state index is 12.0. The van der Waals surface area contributed by atoms with Gasteiger partial charge in [0.1, 0.15) is 5.75 Å². The minimum atomic E-state index is -0.604. The van der Waals surface area contributed by atoms with E-state index in [0.717, 1.165) is 18.8 Å². The Labute approximate surface area is 136 Å². The highest BCUT2D eigenvalue weighted by Crippen LogP contribution is 2.36. The van der Waals surface area contributed by atoms with Crippen LogP contribution < -0.4 is 4.74 Å². The molecular weight excluding hydrogens is 294 g/mol. The summed E-state index contributed by atoms with van der Waals surface area (Å²) >= 11 is 0. The first-order chi connectivity index (χ1) is 11.1. The van der Waals surface area contributed by atoms with E-state index in [1.54, 1.807) is 14.0 Å². The van der Waals surface area contributed by atoms with Crippen molar-refractivity contribution in [2.24, 2.45) is 5.92 Å². The van der Waals surface area contributed by atoms with Gasteiger partial charge in [-0.3, -0.25) is 9.69 Å². The van der Waals surface area contributed by atoms with E-state index in [1.807, 2.05) is 12.1 Å². The fourth-order valence-corrected chi connectivity index (χ4v) is 3.26. The Hall–Kier alpha value is -1.85. The van der Waals surface area contributed by atoms with E-state index in [9.17, 15) is 9.90 Å². The minimum Gasteiger partial charge on any atom is -0.497 e. The third kappa shape index (κ3) is 3.26. The summed E-state index contributed by atoms with van der Waals surface area (Å²) in [5, 5.41) is 10.1. The van der Waals surface area contributed by atoms with E-state index < -0.39 is 12.0 Å². The monoisotopic (exact) mass is 317 g/mol. The molecule has 5 heteroatoms. The summed E-state index contributed by atoms with van der Waals surface area (Å²) in [4.78, 5) is 14.2. The summed E-state index contributed by atoms with van der Waals surface area (Å²) < 4.78 is 10.4. The Bertz CT molecular complexity index is 625. The second-order valence-electron chi connectivity index (χ2n) is 6.07. The number of nitrogens with zero attached hydrogens (tertiary/aromatic N) is 1. The summed E-state index contributed by atoms with van der Waals surface area (Å²) in [6, 6.07) is 6.06. The van der Waals surface area contributed by atoms with Crippen molar-refractivity contribution in [2.45, 2.75) is 19.4 Å². The number of piperidine rings is 1. The molecule has 1 aromatic rings. The molecule has 1 heterocycles. The Balaban J connectivity index is 1.63. The molecule has 2 aliphatic rings. The maximum Gasteiger partial charge on any atom is 0.312 e. The number of fused-ring (bicyclic) bond motifs is 1. The number of likely N-dealkylation sites (tertiary alicyclic amines) is 1. The number of aliphatic hydroxyl groups excluding tert-OH is 1. The van der Waals surface area contributed by atoms with Crippen molar-refractivity contribution < 1.29 is 19.4 Å². The lowest BCUT2D eigenvalue weighted by atomic mass is 9.87. The number of esters is 1. The minimum absolute atomic E-state index is 0.297. The number of benzene rings is 1. The van der Waals surface area contributed by atoms with Gasteiger partial charge in [0.05, 0.1) is 25.7 Å². The molecule has 124 valence electrons. The molecular formula is C18H23NO4. The highest BCUT2D eigenvalue weighted by molar-refractivity contribution is 5.96. The van der Waals surface area contributed by atoms with Gasteiger partial charge in [-0.05, 0) is 48.3 Å². The maximum atomic E-state index is 12.0. The van der Waals surface area contributed by atoms with Gasteiger partial charge in [-0.2, -0.15) is 0 Å². The summed E-state index contributed by atoms with van der Waals surface area (Å²) in [5.41, 5.74) is 3.68. The summed E-state index contributed by atoms with van der Waals surface area (Å²) in [6.07, 6.45) is 2.16. The molecule has 1 N–H and O–H groups in total. The van der Waals surface area contributed by atoms with Crippen molar-refractivity contribution in [3.8, 4) is 5.75 Å². The molecule has 0 radical (unpaired) electrons. The predicted octanol–water partition coefficient (Wildman–Crippen LogP) is 1.80. The van der Waals surface area contributed by atoms with Crippen molar-refractivity contribution in [3.63, 3.8) is 0 Å². The zero-order valence-electron chi connectivity index (χ0n) is 13.6. The summed E-state index contributed by atoms with van der Waals surface area (Å²) in [5.74, 6) is 0.108. The summed E-state index contributed by atoms with van der Waals surface area (Å²) in [6.45, 7) is 4.24. The fraction of sp³-hybridized carbons (Fsp3) is 0.500. The van der Waals surface area contributed by atoms with Crippen LogP contribution in [0.4, 0.5) is 0 Å². The highest BCUT2D eigenvalue weighted by atomic mass is 16.5. The number of hydrogen-bond acceptors (Lipinski definition) is 5. The van der Waals surface area contributed by atoms with Crippen LogP contribution in [0.15, 0.2) is 18.2 Å². The highest BCUT2D eigenvalue weighted by Gasteiger charge is 2.35. The van der Waals surface area contributed by atoms with Crippen LogP contribution in [0, 0.1) is 5.92 Å². The van der Waals surface area contributed by atoms with Crippen LogP contribution in [0.25, 0.3) is 11.6 Å². The second-order valence-corrected chi connectivity index (χ2v) is 6.07. The Kier molecular flexibility index (Phi) is 4.68. The normalized spacial score (nSPS) is 23.5. The van der Waals surface area contributed by atoms with Gasteiger partial charge in [0.2, 0.25) is 0 Å². The molecule has 0 amide bonds. The molecule has 2 unspecified atom stereocenters. The van der Waals surface area contributed by atoms with E-state index in [-0.39, 0.29) is 5.97 Å². The van der Waals surface area contributed by atoms with E-state index >= 15 is 0 Å². The molecule has 0 spiro atoms. The largest absolute Gasteiger partial charge is 0.497 e. The van der Waals surface area contributed by atoms with Crippen molar-refractivity contribution in [1.29, 1.82) is 0 Å². The van der Waals surface area contributed by atoms with Gasteiger partial charge in [-0.15, -0.1) is 0 Å². The zero-order valence-corrected chi connectivity index (χ0v) is 13.6. The number of carbonyl (C=O) groups excluding carboxylic acids is 1. The van der Waals surface area contributed by atoms with Gasteiger partial charge in [-0.25, -0.2) is 0 Å². The molecule has 1 aliphatic heterocycles. The number of ether oxygens (including phenoxy) is 2. The van der Waals surface area contributed by atoms with Crippen LogP contribution >= 0.6 is 0 Å². The van der Waals surface area contributed by atoms with Crippen molar-refractivity contribution >= 4 is 17.6 Å². The Morgan fingerprint density at radius 2 is 2.26 bits per heavy atom. The smallest absolute Gasteiger partial charge is 0.312 e. The number of rotatable bonds is 5. The van der Waals surface area contributed by atoms with Gasteiger partial charge in [-0.1, -0.05) is 6.07 Å². The van der Waals surface area contributed by atoms with Crippen LogP contribution in [-0.4, -0.2) is 55.4 Å². The van der Waals surface area contributed by atoms with Gasteiger partial charge >= 0.3 is 5.97 Å². The fourth-order valence-electron chi connectivity index (χ4n) is 3.26. The Morgan fingerprint density at radius 1 is 1.43 bits per heavy atom. The molecule has 3 rings (SSSR count). The van der Waals surface area contributed by atoms with Gasteiger partial charge in [0.25, 0.3) is 0 Å². The number of hydrogen-bond donors (Lipinski definition) is 1. The van der Waals surface area contributed by atoms with Crippen LogP contribution in [0.3, 0.4) is 0 Å². The van der Waals surface area contributed by atoms with Gasteiger partial charge < -0.3 is 14.6 Å². The first kappa shape index (κ1) is 16.0. The molecule has 0 aromatic heterocycles. The number of methoxy groups -OCH3 is 1. The average molecular weight is 317 g/mol. The topological polar surface area (TPSA) is 59.0 Å². The average Bonchev–Trinajstić information content (AvgIpc) is 2.54. The van der Waals surface area contributed by atoms with Crippen molar-refractivity contribution in [3.05, 3.63) is 29.3 Å². The van der Waals surface area contributed by atoms with Crippen LogP contribution in [-0.2, 0) is 9.53 Å². The van der Waals surface area contributed by atoms with Crippen LogP contribution in [0.5, 0.6) is 5.75 Å². The van der Waals surface area contributed by atoms with Crippen LogP contribution in [0.2, 0.25) is 0 Å². The lowest BCUT2D eigenvalue weighted by molar-refractivity contribution is -0.155. The first-order valence-electron chi connectivity index (χ1n) is 8.08. The van der Waals surface area contributed by atoms with E-state index in [0.29, 0.717) is 19.6 Å². The third-order valence-electron chi connectivity index (χ3n) is 4.58. The molecule has 1 aliphatic carbocycles. The lowest BCUT2D eigenvalue weighted by Crippen LogP contribution is -2.47. The molecule has 23 heavy (non-hydrogen) atoms. The molecule has 2 atom stereocenters. The zero-order chi connectivity index (χ0) is 16.4. The van der Waals surface area contributed by atoms with E-state index in [4.69, 9.17) is 9.47 Å². The molecule has 1 aromatic carbocycles. The second kappa shape index (κ2) is 6.72. The first-order valence-corrected chi connectivity index (χ1v) is 8.08. The quantitative estimate of drug-likeness (QED) is 0.839. The van der Waals surface area contributed by atoms with E-state index in [2.05, 4.69) is 17.0 Å². The molecule has 5 nitrogen and oxygen atoms in total. The number of carbonyl (C=O) groups is 1. The predicted molar refractivity (Wildman–Crippen MR) is 88.1 cm³/mol. The van der Waals surface area contributed by atoms with Gasteiger partial charge in [0, 0.05) is 19.6 Å². The van der Waals surface area contributed by atoms with Gasteiger partial charge in [0.15, 0.2) is 0 Å². The summed E-state index contributed by atoms with van der Waals surface area (Å²) in [7, 11) is 1.67. The Morgan fingerprint density at radius 3 is 3.00 bits per heavy atom. The lowest BCUT2D eigenvalue weighted by Gasteiger charge is -2.36. The standard InChI is InChI=1S/C18H23NO4/c1-3-23-18(21)16-11-19(7-6-17(16)20)10-13-8-12-4-5-14(22-2)9-15(12)13/h4-5,8-9,16-17,20H,3,6-7,10-11H2,1-2H3. The van der Waals surface area contributed by atoms with E-state index in [1.165, 1.54) is 16.7 Å². The SMILES string of the molecule is CCOC(=O)C1CN(CC2=Cc3ccc(OC)cc32)CCC1O. The molecule has 1 saturated heterocycles. The van der Waals surface area contributed by atoms with Crippen molar-refractivity contribution in [1.82, 2.24) is 4.90 Å². The van der Waals surface area contributed by atoms with Crippen LogP contribution in [0.1, 0.15) is 24.5 Å². The molecule has 0 bridgehead atoms. The van der Waals surface area contributed by atoms with Crippen molar-refractivity contribution in [2.75, 3.05) is 33.4 Å². The molecule has 0 saturated carbocycles.